The Morgan fingerprint density at radius 1 is 1.20 bits per heavy atom. The molecule has 1 atom stereocenters. The molecule has 0 saturated carbocycles. The summed E-state index contributed by atoms with van der Waals surface area (Å²) < 4.78 is 6.99. The van der Waals surface area contributed by atoms with Crippen LogP contribution in [0.1, 0.15) is 29.4 Å². The Bertz CT molecular complexity index is 798. The highest BCUT2D eigenvalue weighted by atomic mass is 16.5. The fourth-order valence-corrected chi connectivity index (χ4v) is 3.55. The summed E-state index contributed by atoms with van der Waals surface area (Å²) in [6.45, 7) is 7.11. The molecule has 0 spiro atoms. The number of methoxy groups -OCH3 is 1. The Balaban J connectivity index is 1.42. The zero-order valence-electron chi connectivity index (χ0n) is 18.6. The predicted molar refractivity (Wildman–Crippen MR) is 117 cm³/mol. The highest BCUT2D eigenvalue weighted by molar-refractivity contribution is 5.92. The summed E-state index contributed by atoms with van der Waals surface area (Å²) in [5, 5.41) is 8.26. The molecule has 30 heavy (non-hydrogen) atoms. The number of rotatable bonds is 9. The average molecular weight is 415 g/mol. The molecule has 1 amide bonds. The molecule has 0 bridgehead atoms. The molecule has 164 valence electrons. The van der Waals surface area contributed by atoms with E-state index in [4.69, 9.17) is 4.74 Å². The second-order valence-corrected chi connectivity index (χ2v) is 8.18. The largest absolute Gasteiger partial charge is 0.497 e. The fourth-order valence-electron chi connectivity index (χ4n) is 3.55. The molecule has 1 saturated heterocycles. The van der Waals surface area contributed by atoms with Crippen molar-refractivity contribution in [2.75, 3.05) is 53.9 Å². The molecule has 0 unspecified atom stereocenters. The summed E-state index contributed by atoms with van der Waals surface area (Å²) in [6.07, 6.45) is 3.88. The zero-order chi connectivity index (χ0) is 21.5. The van der Waals surface area contributed by atoms with Crippen LogP contribution in [0.2, 0.25) is 0 Å². The van der Waals surface area contributed by atoms with Crippen molar-refractivity contribution in [1.29, 1.82) is 0 Å². The maximum absolute atomic E-state index is 12.6. The average Bonchev–Trinajstić information content (AvgIpc) is 3.25. The zero-order valence-corrected chi connectivity index (χ0v) is 18.6. The summed E-state index contributed by atoms with van der Waals surface area (Å²) >= 11 is 0. The van der Waals surface area contributed by atoms with Gasteiger partial charge in [-0.15, -0.1) is 5.10 Å². The second kappa shape index (κ2) is 10.5. The van der Waals surface area contributed by atoms with E-state index < -0.39 is 0 Å². The number of carbonyl (C=O) groups excluding carboxylic acids is 1. The van der Waals surface area contributed by atoms with Gasteiger partial charge in [0.25, 0.3) is 5.91 Å². The molecule has 0 N–H and O–H groups in total. The van der Waals surface area contributed by atoms with Crippen LogP contribution in [-0.4, -0.2) is 95.6 Å². The Morgan fingerprint density at radius 3 is 2.57 bits per heavy atom. The van der Waals surface area contributed by atoms with Crippen LogP contribution in [0.5, 0.6) is 5.75 Å². The number of nitrogens with zero attached hydrogens (tertiary/aromatic N) is 6. The normalized spacial score (nSPS) is 16.1. The summed E-state index contributed by atoms with van der Waals surface area (Å²) in [6, 6.07) is 8.71. The number of ether oxygens (including phenoxy) is 1. The third-order valence-corrected chi connectivity index (χ3v) is 5.99. The molecule has 1 aliphatic rings. The Morgan fingerprint density at radius 2 is 1.90 bits per heavy atom. The van der Waals surface area contributed by atoms with Crippen molar-refractivity contribution in [3.05, 3.63) is 41.7 Å². The van der Waals surface area contributed by atoms with Gasteiger partial charge in [0.2, 0.25) is 0 Å². The Labute approximate surface area is 179 Å². The molecule has 0 aliphatic carbocycles. The van der Waals surface area contributed by atoms with Crippen molar-refractivity contribution in [3.63, 3.8) is 0 Å². The van der Waals surface area contributed by atoms with Crippen molar-refractivity contribution in [2.24, 2.45) is 0 Å². The van der Waals surface area contributed by atoms with Gasteiger partial charge >= 0.3 is 0 Å². The Hall–Kier alpha value is -2.45. The lowest BCUT2D eigenvalue weighted by Gasteiger charge is -2.31. The molecule has 2 heterocycles. The number of carbonyl (C=O) groups is 1. The van der Waals surface area contributed by atoms with Gasteiger partial charge in [0.15, 0.2) is 5.69 Å². The third-order valence-electron chi connectivity index (χ3n) is 5.99. The molecule has 1 aliphatic heterocycles. The van der Waals surface area contributed by atoms with E-state index in [2.05, 4.69) is 53.3 Å². The number of hydrogen-bond donors (Lipinski definition) is 0. The molecule has 1 aromatic heterocycles. The summed E-state index contributed by atoms with van der Waals surface area (Å²) in [4.78, 5) is 19.0. The summed E-state index contributed by atoms with van der Waals surface area (Å²) in [5.74, 6) is 0.873. The molecule has 0 radical (unpaired) electrons. The van der Waals surface area contributed by atoms with Gasteiger partial charge in [-0.25, -0.2) is 0 Å². The van der Waals surface area contributed by atoms with Crippen LogP contribution < -0.4 is 4.74 Å². The number of amides is 1. The van der Waals surface area contributed by atoms with E-state index in [1.54, 1.807) is 18.0 Å². The smallest absolute Gasteiger partial charge is 0.276 e. The van der Waals surface area contributed by atoms with Gasteiger partial charge < -0.3 is 19.4 Å². The van der Waals surface area contributed by atoms with Crippen LogP contribution in [0.15, 0.2) is 30.5 Å². The first-order valence-electron chi connectivity index (χ1n) is 10.7. The van der Waals surface area contributed by atoms with Gasteiger partial charge in [-0.05, 0) is 51.6 Å². The second-order valence-electron chi connectivity index (χ2n) is 8.18. The molecule has 1 fully saturated rings. The van der Waals surface area contributed by atoms with Crippen molar-refractivity contribution in [1.82, 2.24) is 29.7 Å². The number of benzene rings is 1. The number of aromatic nitrogens is 3. The highest BCUT2D eigenvalue weighted by Gasteiger charge is 2.22. The minimum atomic E-state index is -0.0180. The fraction of sp³-hybridized carbons (Fsp3) is 0.591. The lowest BCUT2D eigenvalue weighted by molar-refractivity contribution is 0.0658. The lowest BCUT2D eigenvalue weighted by Crippen LogP contribution is -2.47. The van der Waals surface area contributed by atoms with Crippen molar-refractivity contribution < 1.29 is 9.53 Å². The first-order chi connectivity index (χ1) is 14.5. The van der Waals surface area contributed by atoms with E-state index in [1.807, 2.05) is 17.0 Å². The van der Waals surface area contributed by atoms with Crippen LogP contribution in [0.3, 0.4) is 0 Å². The van der Waals surface area contributed by atoms with Gasteiger partial charge in [0.1, 0.15) is 5.75 Å². The van der Waals surface area contributed by atoms with Crippen LogP contribution in [0.25, 0.3) is 0 Å². The molecular weight excluding hydrogens is 380 g/mol. The standard InChI is InChI=1S/C22H34N6O2/c1-18(5-6-19-7-9-20(30-4)10-8-19)26(3)13-16-28-17-21(23-24-28)22(29)27-14-11-25(2)12-15-27/h7-10,17-18H,5-6,11-16H2,1-4H3/t18-/m0/s1. The molecule has 8 nitrogen and oxygen atoms in total. The first-order valence-corrected chi connectivity index (χ1v) is 10.7. The van der Waals surface area contributed by atoms with Crippen molar-refractivity contribution in [3.8, 4) is 5.75 Å². The third kappa shape index (κ3) is 6.03. The van der Waals surface area contributed by atoms with E-state index in [9.17, 15) is 4.79 Å². The summed E-state index contributed by atoms with van der Waals surface area (Å²) in [5.41, 5.74) is 1.76. The number of likely N-dealkylation sites (N-methyl/N-ethyl adjacent to an activating group) is 2. The van der Waals surface area contributed by atoms with E-state index in [1.165, 1.54) is 5.56 Å². The Kier molecular flexibility index (Phi) is 7.81. The predicted octanol–water partition coefficient (Wildman–Crippen LogP) is 1.63. The lowest BCUT2D eigenvalue weighted by atomic mass is 10.1. The molecule has 3 rings (SSSR count). The molecule has 2 aromatic rings. The minimum Gasteiger partial charge on any atom is -0.497 e. The SMILES string of the molecule is COc1ccc(CC[C@H](C)N(C)CCn2cc(C(=O)N3CCN(C)CC3)nn2)cc1. The topological polar surface area (TPSA) is 66.7 Å². The van der Waals surface area contributed by atoms with Gasteiger partial charge in [0.05, 0.1) is 19.9 Å². The van der Waals surface area contributed by atoms with Crippen LogP contribution in [-0.2, 0) is 13.0 Å². The number of aryl methyl sites for hydroxylation is 1. The van der Waals surface area contributed by atoms with Crippen LogP contribution in [0, 0.1) is 0 Å². The molecule has 8 heteroatoms. The number of hydrogen-bond acceptors (Lipinski definition) is 6. The van der Waals surface area contributed by atoms with Crippen LogP contribution in [0.4, 0.5) is 0 Å². The van der Waals surface area contributed by atoms with Gasteiger partial charge in [-0.3, -0.25) is 9.48 Å². The highest BCUT2D eigenvalue weighted by Crippen LogP contribution is 2.14. The van der Waals surface area contributed by atoms with E-state index >= 15 is 0 Å². The first kappa shape index (κ1) is 22.2. The molecular formula is C22H34N6O2. The van der Waals surface area contributed by atoms with Gasteiger partial charge in [-0.1, -0.05) is 17.3 Å². The quantitative estimate of drug-likeness (QED) is 0.621. The maximum atomic E-state index is 12.6. The monoisotopic (exact) mass is 414 g/mol. The summed E-state index contributed by atoms with van der Waals surface area (Å²) in [7, 11) is 5.89. The number of piperazine rings is 1. The minimum absolute atomic E-state index is 0.0180. The maximum Gasteiger partial charge on any atom is 0.276 e. The van der Waals surface area contributed by atoms with E-state index in [-0.39, 0.29) is 5.91 Å². The van der Waals surface area contributed by atoms with Crippen LogP contribution >= 0.6 is 0 Å². The van der Waals surface area contributed by atoms with Crippen molar-refractivity contribution >= 4 is 5.91 Å². The van der Waals surface area contributed by atoms with Gasteiger partial charge in [0, 0.05) is 38.8 Å². The van der Waals surface area contributed by atoms with E-state index in [0.717, 1.165) is 51.3 Å². The molecule has 1 aromatic carbocycles. The van der Waals surface area contributed by atoms with E-state index in [0.29, 0.717) is 18.3 Å². The van der Waals surface area contributed by atoms with Gasteiger partial charge in [-0.2, -0.15) is 0 Å². The van der Waals surface area contributed by atoms with Crippen molar-refractivity contribution in [2.45, 2.75) is 32.4 Å².